The Hall–Kier alpha value is -1.02. The SMILES string of the molecule is C[CH]Cc1ccc(N2CC3CC3C2)cc1CO. The lowest BCUT2D eigenvalue weighted by Crippen LogP contribution is -2.21. The molecule has 2 heteroatoms. The Morgan fingerprint density at radius 3 is 2.71 bits per heavy atom. The normalized spacial score (nSPS) is 26.1. The molecule has 1 aliphatic carbocycles. The number of aliphatic hydroxyl groups excluding tert-OH is 1. The number of hydrogen-bond acceptors (Lipinski definition) is 2. The largest absolute Gasteiger partial charge is 0.392 e. The van der Waals surface area contributed by atoms with Gasteiger partial charge in [0.15, 0.2) is 0 Å². The van der Waals surface area contributed by atoms with Crippen LogP contribution < -0.4 is 4.90 Å². The first-order valence-corrected chi connectivity index (χ1v) is 6.57. The van der Waals surface area contributed by atoms with E-state index in [2.05, 4.69) is 36.4 Å². The van der Waals surface area contributed by atoms with E-state index in [0.29, 0.717) is 0 Å². The van der Waals surface area contributed by atoms with Crippen molar-refractivity contribution in [3.05, 3.63) is 35.7 Å². The van der Waals surface area contributed by atoms with Gasteiger partial charge in [0.1, 0.15) is 0 Å². The lowest BCUT2D eigenvalue weighted by molar-refractivity contribution is 0.281. The van der Waals surface area contributed by atoms with Crippen molar-refractivity contribution in [2.24, 2.45) is 11.8 Å². The van der Waals surface area contributed by atoms with E-state index >= 15 is 0 Å². The van der Waals surface area contributed by atoms with Gasteiger partial charge in [-0.05, 0) is 54.4 Å². The molecule has 0 spiro atoms. The monoisotopic (exact) mass is 230 g/mol. The molecule has 1 aromatic carbocycles. The molecule has 17 heavy (non-hydrogen) atoms. The average Bonchev–Trinajstić information content (AvgIpc) is 2.97. The number of aliphatic hydroxyl groups is 1. The predicted molar refractivity (Wildman–Crippen MR) is 69.9 cm³/mol. The molecule has 1 N–H and O–H groups in total. The lowest BCUT2D eigenvalue weighted by atomic mass is 10.0. The van der Waals surface area contributed by atoms with Gasteiger partial charge in [-0.3, -0.25) is 0 Å². The van der Waals surface area contributed by atoms with Gasteiger partial charge >= 0.3 is 0 Å². The molecular formula is C15H20NO. The van der Waals surface area contributed by atoms with Crippen LogP contribution in [0.1, 0.15) is 24.5 Å². The molecule has 2 fully saturated rings. The molecule has 2 unspecified atom stereocenters. The van der Waals surface area contributed by atoms with E-state index < -0.39 is 0 Å². The molecule has 2 atom stereocenters. The zero-order chi connectivity index (χ0) is 11.8. The van der Waals surface area contributed by atoms with Crippen LogP contribution in [0.3, 0.4) is 0 Å². The summed E-state index contributed by atoms with van der Waals surface area (Å²) in [6, 6.07) is 6.55. The van der Waals surface area contributed by atoms with Crippen LogP contribution in [0, 0.1) is 18.3 Å². The first-order valence-electron chi connectivity index (χ1n) is 6.57. The summed E-state index contributed by atoms with van der Waals surface area (Å²) in [5, 5.41) is 9.44. The smallest absolute Gasteiger partial charge is 0.0685 e. The quantitative estimate of drug-likeness (QED) is 0.858. The van der Waals surface area contributed by atoms with E-state index in [-0.39, 0.29) is 6.61 Å². The fraction of sp³-hybridized carbons (Fsp3) is 0.533. The number of nitrogens with zero attached hydrogens (tertiary/aromatic N) is 1. The Balaban J connectivity index is 1.80. The van der Waals surface area contributed by atoms with Crippen molar-refractivity contribution in [1.82, 2.24) is 0 Å². The van der Waals surface area contributed by atoms with Crippen LogP contribution in [-0.4, -0.2) is 18.2 Å². The Morgan fingerprint density at radius 2 is 2.06 bits per heavy atom. The second-order valence-electron chi connectivity index (χ2n) is 5.38. The molecule has 2 aliphatic rings. The first-order chi connectivity index (χ1) is 8.31. The topological polar surface area (TPSA) is 23.5 Å². The van der Waals surface area contributed by atoms with E-state index in [1.165, 1.54) is 30.8 Å². The summed E-state index contributed by atoms with van der Waals surface area (Å²) in [6.45, 7) is 4.64. The molecule has 1 saturated heterocycles. The van der Waals surface area contributed by atoms with Crippen LogP contribution in [0.2, 0.25) is 0 Å². The van der Waals surface area contributed by atoms with Gasteiger partial charge in [0.2, 0.25) is 0 Å². The van der Waals surface area contributed by atoms with Crippen molar-refractivity contribution in [2.45, 2.75) is 26.4 Å². The molecule has 91 valence electrons. The van der Waals surface area contributed by atoms with Crippen LogP contribution in [0.25, 0.3) is 0 Å². The van der Waals surface area contributed by atoms with Crippen molar-refractivity contribution in [1.29, 1.82) is 0 Å². The van der Waals surface area contributed by atoms with Gasteiger partial charge in [-0.25, -0.2) is 0 Å². The molecule has 0 aromatic heterocycles. The molecule has 1 aliphatic heterocycles. The fourth-order valence-corrected chi connectivity index (χ4v) is 2.98. The molecular weight excluding hydrogens is 210 g/mol. The van der Waals surface area contributed by atoms with Crippen LogP contribution >= 0.6 is 0 Å². The molecule has 1 heterocycles. The van der Waals surface area contributed by atoms with Crippen LogP contribution in [0.4, 0.5) is 5.69 Å². The molecule has 0 bridgehead atoms. The maximum Gasteiger partial charge on any atom is 0.0685 e. The summed E-state index contributed by atoms with van der Waals surface area (Å²) in [6.07, 6.45) is 4.52. The Morgan fingerprint density at radius 1 is 1.29 bits per heavy atom. The van der Waals surface area contributed by atoms with Crippen molar-refractivity contribution in [2.75, 3.05) is 18.0 Å². The molecule has 1 saturated carbocycles. The predicted octanol–water partition coefficient (Wildman–Crippen LogP) is 2.40. The van der Waals surface area contributed by atoms with Crippen molar-refractivity contribution in [3.63, 3.8) is 0 Å². The van der Waals surface area contributed by atoms with Crippen molar-refractivity contribution in [3.8, 4) is 0 Å². The average molecular weight is 230 g/mol. The number of hydrogen-bond donors (Lipinski definition) is 1. The Kier molecular flexibility index (Phi) is 2.83. The number of piperidine rings is 1. The summed E-state index contributed by atoms with van der Waals surface area (Å²) in [5.74, 6) is 1.91. The second-order valence-corrected chi connectivity index (χ2v) is 5.38. The maximum absolute atomic E-state index is 9.44. The summed E-state index contributed by atoms with van der Waals surface area (Å²) in [7, 11) is 0. The minimum Gasteiger partial charge on any atom is -0.392 e. The highest BCUT2D eigenvalue weighted by Crippen LogP contribution is 2.46. The van der Waals surface area contributed by atoms with E-state index in [1.807, 2.05) is 0 Å². The van der Waals surface area contributed by atoms with Gasteiger partial charge in [-0.2, -0.15) is 0 Å². The summed E-state index contributed by atoms with van der Waals surface area (Å²) in [5.41, 5.74) is 3.63. The number of anilines is 1. The minimum atomic E-state index is 0.151. The zero-order valence-corrected chi connectivity index (χ0v) is 10.4. The third kappa shape index (κ3) is 2.06. The van der Waals surface area contributed by atoms with Crippen LogP contribution in [0.15, 0.2) is 18.2 Å². The van der Waals surface area contributed by atoms with Crippen LogP contribution in [-0.2, 0) is 13.0 Å². The minimum absolute atomic E-state index is 0.151. The molecule has 2 nitrogen and oxygen atoms in total. The fourth-order valence-electron chi connectivity index (χ4n) is 2.98. The highest BCUT2D eigenvalue weighted by molar-refractivity contribution is 5.53. The summed E-state index contributed by atoms with van der Waals surface area (Å²) in [4.78, 5) is 2.47. The number of fused-ring (bicyclic) bond motifs is 1. The summed E-state index contributed by atoms with van der Waals surface area (Å²) < 4.78 is 0. The Labute approximate surface area is 103 Å². The van der Waals surface area contributed by atoms with Gasteiger partial charge < -0.3 is 10.0 Å². The van der Waals surface area contributed by atoms with E-state index in [4.69, 9.17) is 0 Å². The number of benzene rings is 1. The highest BCUT2D eigenvalue weighted by atomic mass is 16.3. The van der Waals surface area contributed by atoms with Crippen molar-refractivity contribution < 1.29 is 5.11 Å². The van der Waals surface area contributed by atoms with E-state index in [0.717, 1.165) is 23.8 Å². The Bertz CT molecular complexity index is 405. The molecule has 1 aromatic rings. The standard InChI is InChI=1S/C15H20NO/c1-2-3-11-4-5-15(7-14(11)10-17)16-8-12-6-13(12)9-16/h2,4-5,7,12-13,17H,3,6,8-10H2,1H3. The summed E-state index contributed by atoms with van der Waals surface area (Å²) >= 11 is 0. The van der Waals surface area contributed by atoms with Gasteiger partial charge in [0.25, 0.3) is 0 Å². The highest BCUT2D eigenvalue weighted by Gasteiger charge is 2.45. The number of rotatable bonds is 4. The second kappa shape index (κ2) is 4.34. The molecule has 0 amide bonds. The third-order valence-corrected chi connectivity index (χ3v) is 4.13. The van der Waals surface area contributed by atoms with Crippen molar-refractivity contribution >= 4 is 5.69 Å². The maximum atomic E-state index is 9.44. The lowest BCUT2D eigenvalue weighted by Gasteiger charge is -2.21. The first kappa shape index (κ1) is 11.1. The van der Waals surface area contributed by atoms with E-state index in [9.17, 15) is 5.11 Å². The van der Waals surface area contributed by atoms with E-state index in [1.54, 1.807) is 0 Å². The van der Waals surface area contributed by atoms with Gasteiger partial charge in [0.05, 0.1) is 6.61 Å². The molecule has 3 rings (SSSR count). The van der Waals surface area contributed by atoms with Gasteiger partial charge in [0, 0.05) is 18.8 Å². The van der Waals surface area contributed by atoms with Crippen LogP contribution in [0.5, 0.6) is 0 Å². The third-order valence-electron chi connectivity index (χ3n) is 4.13. The molecule has 1 radical (unpaired) electrons. The van der Waals surface area contributed by atoms with Gasteiger partial charge in [-0.1, -0.05) is 13.0 Å². The van der Waals surface area contributed by atoms with Gasteiger partial charge in [-0.15, -0.1) is 0 Å². The zero-order valence-electron chi connectivity index (χ0n) is 10.4.